The van der Waals surface area contributed by atoms with Gasteiger partial charge in [-0.1, -0.05) is 29.5 Å². The molecule has 1 saturated heterocycles. The Morgan fingerprint density at radius 3 is 2.46 bits per heavy atom. The summed E-state index contributed by atoms with van der Waals surface area (Å²) in [6.45, 7) is 5.59. The summed E-state index contributed by atoms with van der Waals surface area (Å²) in [5, 5.41) is 2.66. The van der Waals surface area contributed by atoms with Crippen LogP contribution in [-0.2, 0) is 10.0 Å². The molecular formula is C15H17N3O3S3. The molecule has 0 spiro atoms. The summed E-state index contributed by atoms with van der Waals surface area (Å²) in [6, 6.07) is 6.15. The minimum Gasteiger partial charge on any atom is -0.315 e. The summed E-state index contributed by atoms with van der Waals surface area (Å²) < 4.78 is 28.3. The summed E-state index contributed by atoms with van der Waals surface area (Å²) in [7, 11) is -3.77. The number of rotatable bonds is 3. The zero-order valence-electron chi connectivity index (χ0n) is 13.3. The number of amides is 2. The number of nitrogens with zero attached hydrogens (tertiary/aromatic N) is 1. The highest BCUT2D eigenvalue weighted by Gasteiger charge is 2.42. The Bertz CT molecular complexity index is 873. The van der Waals surface area contributed by atoms with E-state index >= 15 is 0 Å². The van der Waals surface area contributed by atoms with E-state index < -0.39 is 16.2 Å². The number of thiol groups is 1. The van der Waals surface area contributed by atoms with Crippen LogP contribution in [0.2, 0.25) is 0 Å². The van der Waals surface area contributed by atoms with E-state index in [0.717, 1.165) is 16.2 Å². The highest BCUT2D eigenvalue weighted by molar-refractivity contribution is 8.18. The van der Waals surface area contributed by atoms with E-state index in [0.29, 0.717) is 9.93 Å². The third-order valence-corrected chi connectivity index (χ3v) is 6.85. The molecule has 2 heterocycles. The quantitative estimate of drug-likeness (QED) is 0.702. The van der Waals surface area contributed by atoms with Gasteiger partial charge in [-0.3, -0.25) is 4.90 Å². The molecule has 0 bridgehead atoms. The lowest BCUT2D eigenvalue weighted by Gasteiger charge is -2.27. The van der Waals surface area contributed by atoms with Crippen molar-refractivity contribution in [2.24, 2.45) is 0 Å². The van der Waals surface area contributed by atoms with Crippen LogP contribution >= 0.6 is 24.4 Å². The Kier molecular flexibility index (Phi) is 4.45. The maximum absolute atomic E-state index is 12.6. The molecule has 6 nitrogen and oxygen atoms in total. The Morgan fingerprint density at radius 2 is 1.83 bits per heavy atom. The number of sulfonamides is 1. The Labute approximate surface area is 150 Å². The van der Waals surface area contributed by atoms with Crippen molar-refractivity contribution in [3.05, 3.63) is 50.4 Å². The largest absolute Gasteiger partial charge is 0.327 e. The zero-order chi connectivity index (χ0) is 17.6. The molecule has 1 unspecified atom stereocenters. The fourth-order valence-corrected chi connectivity index (χ4v) is 5.10. The van der Waals surface area contributed by atoms with Crippen LogP contribution in [0.15, 0.2) is 49.7 Å². The molecule has 3 rings (SSSR count). The van der Waals surface area contributed by atoms with Gasteiger partial charge in [0.05, 0.1) is 14.8 Å². The van der Waals surface area contributed by atoms with Gasteiger partial charge in [0, 0.05) is 10.6 Å². The fraction of sp³-hybridized carbons (Fsp3) is 0.267. The number of urea groups is 1. The first-order valence-corrected chi connectivity index (χ1v) is 9.93. The SMILES string of the molecule is CC1=C(C)N2C(=O)NC(NS(=O)(=O)c3ccc(C)cc3)C2=C(S)S1. The predicted molar refractivity (Wildman–Crippen MR) is 97.6 cm³/mol. The van der Waals surface area contributed by atoms with Gasteiger partial charge in [-0.25, -0.2) is 13.2 Å². The van der Waals surface area contributed by atoms with Crippen LogP contribution < -0.4 is 10.0 Å². The van der Waals surface area contributed by atoms with Gasteiger partial charge in [-0.15, -0.1) is 12.6 Å². The smallest absolute Gasteiger partial charge is 0.315 e. The Morgan fingerprint density at radius 1 is 1.21 bits per heavy atom. The van der Waals surface area contributed by atoms with Crippen LogP contribution in [0.5, 0.6) is 0 Å². The number of carbonyl (C=O) groups excluding carboxylic acids is 1. The molecule has 1 aromatic carbocycles. The average Bonchev–Trinajstić information content (AvgIpc) is 2.81. The molecule has 0 radical (unpaired) electrons. The number of aryl methyl sites for hydroxylation is 1. The van der Waals surface area contributed by atoms with Crippen molar-refractivity contribution in [2.75, 3.05) is 0 Å². The first-order chi connectivity index (χ1) is 11.2. The maximum atomic E-state index is 12.6. The lowest BCUT2D eigenvalue weighted by molar-refractivity contribution is 0.230. The topological polar surface area (TPSA) is 78.5 Å². The minimum atomic E-state index is -3.77. The molecule has 2 aliphatic heterocycles. The second-order valence-electron chi connectivity index (χ2n) is 5.59. The van der Waals surface area contributed by atoms with E-state index in [1.165, 1.54) is 28.8 Å². The molecule has 2 N–H and O–H groups in total. The van der Waals surface area contributed by atoms with Crippen LogP contribution in [0.1, 0.15) is 19.4 Å². The Balaban J connectivity index is 1.93. The van der Waals surface area contributed by atoms with Crippen molar-refractivity contribution < 1.29 is 13.2 Å². The van der Waals surface area contributed by atoms with Crippen LogP contribution in [0.25, 0.3) is 0 Å². The summed E-state index contributed by atoms with van der Waals surface area (Å²) in [5.74, 6) is 0. The predicted octanol–water partition coefficient (Wildman–Crippen LogP) is 2.72. The average molecular weight is 384 g/mol. The van der Waals surface area contributed by atoms with Gasteiger partial charge in [0.2, 0.25) is 10.0 Å². The van der Waals surface area contributed by atoms with E-state index in [9.17, 15) is 13.2 Å². The molecule has 9 heteroatoms. The van der Waals surface area contributed by atoms with Crippen molar-refractivity contribution in [1.29, 1.82) is 0 Å². The first kappa shape index (κ1) is 17.4. The molecule has 0 aliphatic carbocycles. The highest BCUT2D eigenvalue weighted by atomic mass is 32.2. The van der Waals surface area contributed by atoms with Crippen molar-refractivity contribution in [1.82, 2.24) is 14.9 Å². The monoisotopic (exact) mass is 383 g/mol. The molecule has 2 amide bonds. The maximum Gasteiger partial charge on any atom is 0.327 e. The Hall–Kier alpha value is -1.42. The zero-order valence-corrected chi connectivity index (χ0v) is 15.8. The second kappa shape index (κ2) is 6.14. The number of benzene rings is 1. The number of nitrogens with one attached hydrogen (secondary N) is 2. The molecule has 1 fully saturated rings. The number of hydrogen-bond donors (Lipinski definition) is 3. The summed E-state index contributed by atoms with van der Waals surface area (Å²) in [4.78, 5) is 14.8. The molecule has 1 aromatic rings. The third-order valence-electron chi connectivity index (χ3n) is 3.90. The van der Waals surface area contributed by atoms with Crippen LogP contribution in [0.3, 0.4) is 0 Å². The lowest BCUT2D eigenvalue weighted by atomic mass is 10.2. The molecule has 1 atom stereocenters. The molecular weight excluding hydrogens is 366 g/mol. The van der Waals surface area contributed by atoms with E-state index in [4.69, 9.17) is 0 Å². The molecule has 0 aromatic heterocycles. The van der Waals surface area contributed by atoms with Gasteiger partial charge in [-0.05, 0) is 32.9 Å². The van der Waals surface area contributed by atoms with Crippen molar-refractivity contribution in [2.45, 2.75) is 31.8 Å². The third kappa shape index (κ3) is 2.97. The number of carbonyl (C=O) groups is 1. The molecule has 2 aliphatic rings. The summed E-state index contributed by atoms with van der Waals surface area (Å²) >= 11 is 5.84. The standard InChI is InChI=1S/C15H17N3O3S3/c1-8-4-6-11(7-5-8)24(20,21)17-13-12-14(22)23-10(3)9(2)18(12)15(19)16-13/h4-7,13,17,22H,1-3H3,(H,16,19). The molecule has 0 saturated carbocycles. The van der Waals surface area contributed by atoms with E-state index in [2.05, 4.69) is 22.7 Å². The molecule has 128 valence electrons. The van der Waals surface area contributed by atoms with Gasteiger partial charge in [0.1, 0.15) is 6.17 Å². The van der Waals surface area contributed by atoms with E-state index in [1.807, 2.05) is 20.8 Å². The van der Waals surface area contributed by atoms with E-state index in [-0.39, 0.29) is 10.9 Å². The van der Waals surface area contributed by atoms with Gasteiger partial charge < -0.3 is 5.32 Å². The number of hydrogen-bond acceptors (Lipinski definition) is 5. The lowest BCUT2D eigenvalue weighted by Crippen LogP contribution is -2.43. The normalized spacial score (nSPS) is 21.2. The van der Waals surface area contributed by atoms with Gasteiger partial charge in [0.25, 0.3) is 0 Å². The van der Waals surface area contributed by atoms with Gasteiger partial charge >= 0.3 is 6.03 Å². The number of fused-ring (bicyclic) bond motifs is 1. The molecule has 24 heavy (non-hydrogen) atoms. The van der Waals surface area contributed by atoms with Gasteiger partial charge in [-0.2, -0.15) is 4.72 Å². The summed E-state index contributed by atoms with van der Waals surface area (Å²) in [6.07, 6.45) is -0.855. The highest BCUT2D eigenvalue weighted by Crippen LogP contribution is 2.43. The van der Waals surface area contributed by atoms with Gasteiger partial charge in [0.15, 0.2) is 0 Å². The van der Waals surface area contributed by atoms with Crippen LogP contribution in [0, 0.1) is 6.92 Å². The van der Waals surface area contributed by atoms with Crippen molar-refractivity contribution in [3.63, 3.8) is 0 Å². The number of allylic oxidation sites excluding steroid dienone is 2. The minimum absolute atomic E-state index is 0.147. The van der Waals surface area contributed by atoms with E-state index in [1.54, 1.807) is 12.1 Å². The number of thioether (sulfide) groups is 1. The van der Waals surface area contributed by atoms with Crippen molar-refractivity contribution in [3.8, 4) is 0 Å². The summed E-state index contributed by atoms with van der Waals surface area (Å²) in [5.41, 5.74) is 2.24. The van der Waals surface area contributed by atoms with Crippen LogP contribution in [0.4, 0.5) is 4.79 Å². The van der Waals surface area contributed by atoms with Crippen LogP contribution in [-0.4, -0.2) is 25.5 Å². The fourth-order valence-electron chi connectivity index (χ4n) is 2.50. The second-order valence-corrected chi connectivity index (χ2v) is 9.27. The first-order valence-electron chi connectivity index (χ1n) is 7.19. The van der Waals surface area contributed by atoms with Crippen molar-refractivity contribution >= 4 is 40.4 Å².